The normalized spacial score (nSPS) is 12.5. The van der Waals surface area contributed by atoms with Crippen LogP contribution in [0.1, 0.15) is 18.5 Å². The van der Waals surface area contributed by atoms with Crippen LogP contribution < -0.4 is 11.1 Å². The summed E-state index contributed by atoms with van der Waals surface area (Å²) in [5.74, 6) is 0.389. The Labute approximate surface area is 114 Å². The Morgan fingerprint density at radius 3 is 2.90 bits per heavy atom. The molecule has 0 fully saturated rings. The summed E-state index contributed by atoms with van der Waals surface area (Å²) in [6.45, 7) is 1.85. The maximum Gasteiger partial charge on any atom is 0.224 e. The van der Waals surface area contributed by atoms with Crippen LogP contribution in [0.4, 0.5) is 16.2 Å². The highest BCUT2D eigenvalue weighted by Gasteiger charge is 2.14. The van der Waals surface area contributed by atoms with Crippen molar-refractivity contribution in [1.29, 1.82) is 0 Å². The molecule has 3 aromatic rings. The van der Waals surface area contributed by atoms with Crippen molar-refractivity contribution in [2.24, 2.45) is 0 Å². The predicted octanol–water partition coefficient (Wildman–Crippen LogP) is 2.25. The summed E-state index contributed by atoms with van der Waals surface area (Å²) >= 11 is 0. The molecule has 1 atom stereocenters. The number of aromatic amines is 1. The second kappa shape index (κ2) is 4.76. The van der Waals surface area contributed by atoms with E-state index in [1.54, 1.807) is 24.4 Å². The molecule has 1 aromatic carbocycles. The van der Waals surface area contributed by atoms with E-state index in [1.165, 1.54) is 6.07 Å². The molecule has 102 valence electrons. The van der Waals surface area contributed by atoms with Crippen molar-refractivity contribution in [1.82, 2.24) is 20.2 Å². The van der Waals surface area contributed by atoms with E-state index in [2.05, 4.69) is 25.5 Å². The fourth-order valence-corrected chi connectivity index (χ4v) is 2.07. The number of aromatic nitrogens is 4. The third-order valence-electron chi connectivity index (χ3n) is 3.05. The number of halogens is 1. The summed E-state index contributed by atoms with van der Waals surface area (Å²) in [6, 6.07) is 6.34. The first-order valence-electron chi connectivity index (χ1n) is 6.12. The van der Waals surface area contributed by atoms with Crippen molar-refractivity contribution in [3.05, 3.63) is 41.8 Å². The second-order valence-corrected chi connectivity index (χ2v) is 4.45. The molecule has 7 heteroatoms. The molecule has 2 aromatic heterocycles. The number of fused-ring (bicyclic) bond motifs is 1. The molecule has 0 saturated carbocycles. The van der Waals surface area contributed by atoms with Gasteiger partial charge in [0.25, 0.3) is 0 Å². The van der Waals surface area contributed by atoms with Crippen molar-refractivity contribution in [2.75, 3.05) is 11.1 Å². The van der Waals surface area contributed by atoms with E-state index in [4.69, 9.17) is 5.73 Å². The molecule has 0 bridgehead atoms. The highest BCUT2D eigenvalue weighted by atomic mass is 19.1. The molecule has 0 spiro atoms. The monoisotopic (exact) mass is 272 g/mol. The molecule has 0 aliphatic carbocycles. The predicted molar refractivity (Wildman–Crippen MR) is 74.5 cm³/mol. The highest BCUT2D eigenvalue weighted by molar-refractivity contribution is 5.86. The Balaban J connectivity index is 1.97. The molecular weight excluding hydrogens is 259 g/mol. The summed E-state index contributed by atoms with van der Waals surface area (Å²) in [7, 11) is 0. The molecule has 0 aliphatic heterocycles. The zero-order chi connectivity index (χ0) is 14.1. The van der Waals surface area contributed by atoms with Gasteiger partial charge in [-0.2, -0.15) is 15.1 Å². The molecule has 4 N–H and O–H groups in total. The second-order valence-electron chi connectivity index (χ2n) is 4.45. The van der Waals surface area contributed by atoms with E-state index in [0.717, 1.165) is 0 Å². The average molecular weight is 272 g/mol. The molecular formula is C13H13FN6. The third kappa shape index (κ3) is 2.13. The van der Waals surface area contributed by atoms with Crippen LogP contribution >= 0.6 is 0 Å². The maximum atomic E-state index is 13.8. The van der Waals surface area contributed by atoms with Gasteiger partial charge >= 0.3 is 0 Å². The van der Waals surface area contributed by atoms with Gasteiger partial charge in [-0.3, -0.25) is 5.10 Å². The number of H-pyrrole nitrogens is 1. The zero-order valence-corrected chi connectivity index (χ0v) is 10.8. The standard InChI is InChI=1S/C13H13FN6/c1-7(8-4-2-3-5-10(8)14)17-11-9-6-16-20-12(9)19-13(15)18-11/h2-7H,1H3,(H4,15,16,17,18,19,20). The lowest BCUT2D eigenvalue weighted by molar-refractivity contribution is 0.600. The van der Waals surface area contributed by atoms with E-state index in [-0.39, 0.29) is 17.8 Å². The largest absolute Gasteiger partial charge is 0.368 e. The van der Waals surface area contributed by atoms with Gasteiger partial charge < -0.3 is 11.1 Å². The quantitative estimate of drug-likeness (QED) is 0.680. The molecule has 3 rings (SSSR count). The molecule has 0 amide bonds. The first kappa shape index (κ1) is 12.3. The lowest BCUT2D eigenvalue weighted by Crippen LogP contribution is -2.11. The van der Waals surface area contributed by atoms with Gasteiger partial charge in [-0.15, -0.1) is 0 Å². The van der Waals surface area contributed by atoms with Gasteiger partial charge in [0, 0.05) is 5.56 Å². The topological polar surface area (TPSA) is 92.5 Å². The minimum absolute atomic E-state index is 0.130. The Kier molecular flexibility index (Phi) is 2.94. The van der Waals surface area contributed by atoms with Crippen LogP contribution in [0.3, 0.4) is 0 Å². The van der Waals surface area contributed by atoms with E-state index in [0.29, 0.717) is 22.4 Å². The van der Waals surface area contributed by atoms with Crippen molar-refractivity contribution in [2.45, 2.75) is 13.0 Å². The number of anilines is 2. The Morgan fingerprint density at radius 1 is 1.30 bits per heavy atom. The van der Waals surface area contributed by atoms with Crippen LogP contribution in [0.25, 0.3) is 11.0 Å². The van der Waals surface area contributed by atoms with E-state index < -0.39 is 0 Å². The Hall–Kier alpha value is -2.70. The Bertz CT molecular complexity index is 753. The number of nitrogens with two attached hydrogens (primary N) is 1. The lowest BCUT2D eigenvalue weighted by Gasteiger charge is -2.16. The number of hydrogen-bond donors (Lipinski definition) is 3. The minimum atomic E-state index is -0.266. The summed E-state index contributed by atoms with van der Waals surface area (Å²) < 4.78 is 13.8. The summed E-state index contributed by atoms with van der Waals surface area (Å²) in [6.07, 6.45) is 1.60. The molecule has 0 aliphatic rings. The maximum absolute atomic E-state index is 13.8. The van der Waals surface area contributed by atoms with Gasteiger partial charge in [0.1, 0.15) is 11.6 Å². The fourth-order valence-electron chi connectivity index (χ4n) is 2.07. The smallest absolute Gasteiger partial charge is 0.224 e. The van der Waals surface area contributed by atoms with Gasteiger partial charge in [-0.1, -0.05) is 18.2 Å². The fraction of sp³-hybridized carbons (Fsp3) is 0.154. The first-order valence-corrected chi connectivity index (χ1v) is 6.12. The zero-order valence-electron chi connectivity index (χ0n) is 10.8. The highest BCUT2D eigenvalue weighted by Crippen LogP contribution is 2.25. The summed E-state index contributed by atoms with van der Waals surface area (Å²) in [4.78, 5) is 8.17. The number of nitrogens with zero attached hydrogens (tertiary/aromatic N) is 3. The van der Waals surface area contributed by atoms with Gasteiger partial charge in [-0.05, 0) is 13.0 Å². The molecule has 1 unspecified atom stereocenters. The van der Waals surface area contributed by atoms with Crippen molar-refractivity contribution in [3.8, 4) is 0 Å². The Morgan fingerprint density at radius 2 is 2.10 bits per heavy atom. The van der Waals surface area contributed by atoms with E-state index in [1.807, 2.05) is 6.92 Å². The van der Waals surface area contributed by atoms with Crippen LogP contribution in [0.15, 0.2) is 30.5 Å². The summed E-state index contributed by atoms with van der Waals surface area (Å²) in [5.41, 5.74) is 6.74. The van der Waals surface area contributed by atoms with Crippen molar-refractivity contribution in [3.63, 3.8) is 0 Å². The van der Waals surface area contributed by atoms with Crippen molar-refractivity contribution >= 4 is 22.8 Å². The van der Waals surface area contributed by atoms with Gasteiger partial charge in [0.15, 0.2) is 5.65 Å². The SMILES string of the molecule is CC(Nc1nc(N)nc2[nH]ncc12)c1ccccc1F. The van der Waals surface area contributed by atoms with Crippen LogP contribution in [0.2, 0.25) is 0 Å². The van der Waals surface area contributed by atoms with E-state index in [9.17, 15) is 4.39 Å². The number of rotatable bonds is 3. The number of benzene rings is 1. The van der Waals surface area contributed by atoms with E-state index >= 15 is 0 Å². The third-order valence-corrected chi connectivity index (χ3v) is 3.05. The molecule has 0 radical (unpaired) electrons. The summed E-state index contributed by atoms with van der Waals surface area (Å²) in [5, 5.41) is 10.5. The lowest BCUT2D eigenvalue weighted by atomic mass is 10.1. The van der Waals surface area contributed by atoms with Gasteiger partial charge in [-0.25, -0.2) is 4.39 Å². The number of nitrogen functional groups attached to an aromatic ring is 1. The molecule has 0 saturated heterocycles. The van der Waals surface area contributed by atoms with Gasteiger partial charge in [0.2, 0.25) is 5.95 Å². The minimum Gasteiger partial charge on any atom is -0.368 e. The van der Waals surface area contributed by atoms with Gasteiger partial charge in [0.05, 0.1) is 17.6 Å². The molecule has 2 heterocycles. The van der Waals surface area contributed by atoms with Crippen molar-refractivity contribution < 1.29 is 4.39 Å². The molecule has 6 nitrogen and oxygen atoms in total. The average Bonchev–Trinajstić information content (AvgIpc) is 2.87. The first-order chi connectivity index (χ1) is 9.65. The van der Waals surface area contributed by atoms with Crippen LogP contribution in [0.5, 0.6) is 0 Å². The molecule has 20 heavy (non-hydrogen) atoms. The number of nitrogens with one attached hydrogen (secondary N) is 2. The number of hydrogen-bond acceptors (Lipinski definition) is 5. The van der Waals surface area contributed by atoms with Crippen LogP contribution in [-0.2, 0) is 0 Å². The van der Waals surface area contributed by atoms with Crippen LogP contribution in [-0.4, -0.2) is 20.2 Å². The van der Waals surface area contributed by atoms with Crippen LogP contribution in [0, 0.1) is 5.82 Å².